The topological polar surface area (TPSA) is 62.5 Å². The number of hydrogen-bond acceptors (Lipinski definition) is 5. The summed E-state index contributed by atoms with van der Waals surface area (Å²) >= 11 is 1.66. The second-order valence-electron chi connectivity index (χ2n) is 4.54. The summed E-state index contributed by atoms with van der Waals surface area (Å²) in [7, 11) is 0. The van der Waals surface area contributed by atoms with Crippen LogP contribution in [0.2, 0.25) is 0 Å². The summed E-state index contributed by atoms with van der Waals surface area (Å²) in [5, 5.41) is 19.1. The Hall–Kier alpha value is -1.92. The number of hydrogen-bond donors (Lipinski definition) is 2. The highest BCUT2D eigenvalue weighted by Gasteiger charge is 2.10. The molecule has 1 atom stereocenters. The standard InChI is InChI=1S/C14H16N4OS/c1-2-10(9-19)16-13-5-6-14-15-8-11(18(14)17-13)12-4-3-7-20-12/h3-8,10,19H,2,9H2,1H3,(H,16,17). The molecular formula is C14H16N4OS. The average molecular weight is 288 g/mol. The SMILES string of the molecule is CCC(CO)Nc1ccc2ncc(-c3cccs3)n2n1. The van der Waals surface area contributed by atoms with Gasteiger partial charge in [0, 0.05) is 0 Å². The van der Waals surface area contributed by atoms with E-state index >= 15 is 0 Å². The van der Waals surface area contributed by atoms with Gasteiger partial charge in [-0.25, -0.2) is 9.50 Å². The highest BCUT2D eigenvalue weighted by molar-refractivity contribution is 7.13. The van der Waals surface area contributed by atoms with Crippen LogP contribution in [0.1, 0.15) is 13.3 Å². The lowest BCUT2D eigenvalue weighted by Crippen LogP contribution is -2.23. The van der Waals surface area contributed by atoms with Crippen LogP contribution < -0.4 is 5.32 Å². The fraction of sp³-hybridized carbons (Fsp3) is 0.286. The van der Waals surface area contributed by atoms with Crippen molar-refractivity contribution in [2.24, 2.45) is 0 Å². The summed E-state index contributed by atoms with van der Waals surface area (Å²) in [5.41, 5.74) is 1.80. The number of thiophene rings is 1. The summed E-state index contributed by atoms with van der Waals surface area (Å²) in [5.74, 6) is 0.745. The third-order valence-corrected chi connectivity index (χ3v) is 4.09. The van der Waals surface area contributed by atoms with E-state index in [2.05, 4.69) is 21.5 Å². The Morgan fingerprint density at radius 3 is 3.00 bits per heavy atom. The lowest BCUT2D eigenvalue weighted by atomic mass is 10.2. The van der Waals surface area contributed by atoms with Crippen LogP contribution in [-0.4, -0.2) is 32.4 Å². The second kappa shape index (κ2) is 5.60. The van der Waals surface area contributed by atoms with Gasteiger partial charge in [0.2, 0.25) is 0 Å². The van der Waals surface area contributed by atoms with Crippen LogP contribution in [-0.2, 0) is 0 Å². The van der Waals surface area contributed by atoms with E-state index in [0.717, 1.165) is 28.5 Å². The van der Waals surface area contributed by atoms with Crippen molar-refractivity contribution in [1.82, 2.24) is 14.6 Å². The van der Waals surface area contributed by atoms with E-state index < -0.39 is 0 Å². The number of aliphatic hydroxyl groups excluding tert-OH is 1. The van der Waals surface area contributed by atoms with E-state index in [0.29, 0.717) is 0 Å². The Morgan fingerprint density at radius 2 is 2.30 bits per heavy atom. The first-order chi connectivity index (χ1) is 9.81. The van der Waals surface area contributed by atoms with Gasteiger partial charge in [0.05, 0.1) is 23.7 Å². The van der Waals surface area contributed by atoms with Crippen LogP contribution >= 0.6 is 11.3 Å². The smallest absolute Gasteiger partial charge is 0.154 e. The third kappa shape index (κ3) is 2.39. The first-order valence-electron chi connectivity index (χ1n) is 6.58. The maximum atomic E-state index is 9.26. The number of nitrogens with zero attached hydrogens (tertiary/aromatic N) is 3. The minimum absolute atomic E-state index is 0.0219. The molecule has 0 aromatic carbocycles. The molecule has 6 heteroatoms. The lowest BCUT2D eigenvalue weighted by molar-refractivity contribution is 0.271. The average Bonchev–Trinajstić information content (AvgIpc) is 3.12. The van der Waals surface area contributed by atoms with Gasteiger partial charge in [-0.2, -0.15) is 0 Å². The van der Waals surface area contributed by atoms with Gasteiger partial charge in [0.15, 0.2) is 5.65 Å². The molecule has 1 unspecified atom stereocenters. The van der Waals surface area contributed by atoms with Crippen LogP contribution in [0.3, 0.4) is 0 Å². The van der Waals surface area contributed by atoms with E-state index in [1.807, 2.05) is 41.2 Å². The first kappa shape index (κ1) is 13.1. The van der Waals surface area contributed by atoms with Crippen molar-refractivity contribution in [1.29, 1.82) is 0 Å². The number of nitrogens with one attached hydrogen (secondary N) is 1. The quantitative estimate of drug-likeness (QED) is 0.757. The maximum absolute atomic E-state index is 9.26. The summed E-state index contributed by atoms with van der Waals surface area (Å²) < 4.78 is 1.83. The van der Waals surface area contributed by atoms with Crippen LogP contribution in [0.5, 0.6) is 0 Å². The molecule has 3 heterocycles. The zero-order chi connectivity index (χ0) is 13.9. The molecule has 3 aromatic heterocycles. The number of aromatic nitrogens is 3. The Labute approximate surface area is 120 Å². The van der Waals surface area contributed by atoms with Crippen LogP contribution in [0.15, 0.2) is 35.8 Å². The minimum Gasteiger partial charge on any atom is -0.394 e. The molecular weight excluding hydrogens is 272 g/mol. The maximum Gasteiger partial charge on any atom is 0.154 e. The molecule has 0 radical (unpaired) electrons. The summed E-state index contributed by atoms with van der Waals surface area (Å²) in [6.07, 6.45) is 2.68. The van der Waals surface area contributed by atoms with Gasteiger partial charge >= 0.3 is 0 Å². The zero-order valence-corrected chi connectivity index (χ0v) is 12.0. The highest BCUT2D eigenvalue weighted by Crippen LogP contribution is 2.25. The fourth-order valence-corrected chi connectivity index (χ4v) is 2.75. The number of aliphatic hydroxyl groups is 1. The Bertz CT molecular complexity index is 688. The molecule has 0 aliphatic carbocycles. The summed E-state index contributed by atoms with van der Waals surface area (Å²) in [6, 6.07) is 7.91. The molecule has 5 nitrogen and oxygen atoms in total. The number of rotatable bonds is 5. The molecule has 0 amide bonds. The molecule has 0 aliphatic rings. The first-order valence-corrected chi connectivity index (χ1v) is 7.46. The Kier molecular flexibility index (Phi) is 3.66. The number of anilines is 1. The van der Waals surface area contributed by atoms with Crippen molar-refractivity contribution in [2.75, 3.05) is 11.9 Å². The largest absolute Gasteiger partial charge is 0.394 e. The zero-order valence-electron chi connectivity index (χ0n) is 11.2. The van der Waals surface area contributed by atoms with Gasteiger partial charge in [0.1, 0.15) is 11.5 Å². The molecule has 0 bridgehead atoms. The molecule has 0 saturated heterocycles. The van der Waals surface area contributed by atoms with Crippen LogP contribution in [0.25, 0.3) is 16.2 Å². The van der Waals surface area contributed by atoms with E-state index in [9.17, 15) is 5.11 Å². The molecule has 0 aliphatic heterocycles. The Morgan fingerprint density at radius 1 is 1.40 bits per heavy atom. The van der Waals surface area contributed by atoms with Crippen molar-refractivity contribution in [3.05, 3.63) is 35.8 Å². The van der Waals surface area contributed by atoms with Gasteiger partial charge < -0.3 is 10.4 Å². The molecule has 0 spiro atoms. The van der Waals surface area contributed by atoms with Crippen molar-refractivity contribution in [3.63, 3.8) is 0 Å². The van der Waals surface area contributed by atoms with Crippen molar-refractivity contribution < 1.29 is 5.11 Å². The second-order valence-corrected chi connectivity index (χ2v) is 5.49. The highest BCUT2D eigenvalue weighted by atomic mass is 32.1. The summed E-state index contributed by atoms with van der Waals surface area (Å²) in [4.78, 5) is 5.50. The number of fused-ring (bicyclic) bond motifs is 1. The Balaban J connectivity index is 1.99. The normalized spacial score (nSPS) is 12.7. The van der Waals surface area contributed by atoms with Gasteiger partial charge in [-0.05, 0) is 30.0 Å². The van der Waals surface area contributed by atoms with Crippen molar-refractivity contribution in [2.45, 2.75) is 19.4 Å². The van der Waals surface area contributed by atoms with Gasteiger partial charge in [-0.1, -0.05) is 13.0 Å². The van der Waals surface area contributed by atoms with Gasteiger partial charge in [-0.15, -0.1) is 16.4 Å². The molecule has 104 valence electrons. The molecule has 3 aromatic rings. The molecule has 3 rings (SSSR count). The summed E-state index contributed by atoms with van der Waals surface area (Å²) in [6.45, 7) is 2.12. The monoisotopic (exact) mass is 288 g/mol. The van der Waals surface area contributed by atoms with Crippen LogP contribution in [0.4, 0.5) is 5.82 Å². The van der Waals surface area contributed by atoms with Gasteiger partial charge in [-0.3, -0.25) is 0 Å². The van der Waals surface area contributed by atoms with Crippen molar-refractivity contribution in [3.8, 4) is 10.6 Å². The fourth-order valence-electron chi connectivity index (χ4n) is 2.03. The van der Waals surface area contributed by atoms with Gasteiger partial charge in [0.25, 0.3) is 0 Å². The number of imidazole rings is 1. The van der Waals surface area contributed by atoms with Crippen molar-refractivity contribution >= 4 is 22.8 Å². The van der Waals surface area contributed by atoms with E-state index in [1.165, 1.54) is 0 Å². The van der Waals surface area contributed by atoms with E-state index in [4.69, 9.17) is 0 Å². The predicted molar refractivity (Wildman–Crippen MR) is 81.1 cm³/mol. The predicted octanol–water partition coefficient (Wildman–Crippen LogP) is 2.64. The van der Waals surface area contributed by atoms with E-state index in [1.54, 1.807) is 11.3 Å². The molecule has 0 fully saturated rings. The molecule has 0 saturated carbocycles. The lowest BCUT2D eigenvalue weighted by Gasteiger charge is -2.14. The molecule has 20 heavy (non-hydrogen) atoms. The molecule has 2 N–H and O–H groups in total. The van der Waals surface area contributed by atoms with E-state index in [-0.39, 0.29) is 12.6 Å². The van der Waals surface area contributed by atoms with Crippen LogP contribution in [0, 0.1) is 0 Å². The minimum atomic E-state index is 0.0219. The third-order valence-electron chi connectivity index (χ3n) is 3.20.